The van der Waals surface area contributed by atoms with Crippen LogP contribution in [0.4, 0.5) is 0 Å². The predicted molar refractivity (Wildman–Crippen MR) is 76.5 cm³/mol. The molecule has 1 atom stereocenters. The second-order valence-corrected chi connectivity index (χ2v) is 5.82. The maximum atomic E-state index is 6.32. The molecule has 4 heteroatoms. The van der Waals surface area contributed by atoms with Crippen LogP contribution in [-0.4, -0.2) is 26.3 Å². The van der Waals surface area contributed by atoms with Crippen molar-refractivity contribution in [2.75, 3.05) is 26.3 Å². The summed E-state index contributed by atoms with van der Waals surface area (Å²) in [7, 11) is 0. The van der Waals surface area contributed by atoms with Crippen LogP contribution >= 0.6 is 11.6 Å². The minimum Gasteiger partial charge on any atom is -0.486 e. The molecule has 0 spiro atoms. The fourth-order valence-electron chi connectivity index (χ4n) is 2.97. The Bertz CT molecular complexity index is 470. The van der Waals surface area contributed by atoms with Gasteiger partial charge in [0.15, 0.2) is 11.5 Å². The van der Waals surface area contributed by atoms with Crippen LogP contribution in [0, 0.1) is 12.8 Å². The second kappa shape index (κ2) is 5.59. The lowest BCUT2D eigenvalue weighted by Gasteiger charge is -2.26. The van der Waals surface area contributed by atoms with Crippen LogP contribution in [0.15, 0.2) is 6.07 Å². The van der Waals surface area contributed by atoms with Crippen molar-refractivity contribution >= 4 is 11.6 Å². The normalized spacial score (nSPS) is 22.3. The van der Waals surface area contributed by atoms with E-state index in [1.54, 1.807) is 0 Å². The zero-order valence-corrected chi connectivity index (χ0v) is 12.1. The van der Waals surface area contributed by atoms with Crippen molar-refractivity contribution in [1.29, 1.82) is 0 Å². The number of ether oxygens (including phenoxy) is 2. The quantitative estimate of drug-likeness (QED) is 0.904. The van der Waals surface area contributed by atoms with Crippen molar-refractivity contribution in [2.24, 2.45) is 5.92 Å². The van der Waals surface area contributed by atoms with Gasteiger partial charge in [0.05, 0.1) is 5.02 Å². The lowest BCUT2D eigenvalue weighted by atomic mass is 9.90. The third-order valence-electron chi connectivity index (χ3n) is 4.03. The Balaban J connectivity index is 1.86. The van der Waals surface area contributed by atoms with Crippen molar-refractivity contribution in [3.63, 3.8) is 0 Å². The highest BCUT2D eigenvalue weighted by Crippen LogP contribution is 2.42. The van der Waals surface area contributed by atoms with Crippen LogP contribution in [0.1, 0.15) is 24.0 Å². The molecule has 2 aliphatic heterocycles. The molecule has 3 rings (SSSR count). The molecule has 0 radical (unpaired) electrons. The smallest absolute Gasteiger partial charge is 0.180 e. The van der Waals surface area contributed by atoms with Gasteiger partial charge in [-0.25, -0.2) is 0 Å². The maximum Gasteiger partial charge on any atom is 0.180 e. The molecule has 104 valence electrons. The fourth-order valence-corrected chi connectivity index (χ4v) is 3.24. The van der Waals surface area contributed by atoms with Crippen LogP contribution in [-0.2, 0) is 6.42 Å². The molecule has 1 N–H and O–H groups in total. The van der Waals surface area contributed by atoms with E-state index in [0.717, 1.165) is 31.0 Å². The van der Waals surface area contributed by atoms with Crippen LogP contribution in [0.25, 0.3) is 0 Å². The van der Waals surface area contributed by atoms with E-state index in [4.69, 9.17) is 21.1 Å². The molecule has 0 amide bonds. The van der Waals surface area contributed by atoms with E-state index in [9.17, 15) is 0 Å². The molecule has 0 bridgehead atoms. The van der Waals surface area contributed by atoms with E-state index in [0.29, 0.717) is 24.2 Å². The van der Waals surface area contributed by atoms with E-state index >= 15 is 0 Å². The molecule has 1 aromatic carbocycles. The zero-order valence-electron chi connectivity index (χ0n) is 11.3. The van der Waals surface area contributed by atoms with Gasteiger partial charge >= 0.3 is 0 Å². The van der Waals surface area contributed by atoms with Crippen molar-refractivity contribution in [3.8, 4) is 11.5 Å². The number of hydrogen-bond acceptors (Lipinski definition) is 3. The summed E-state index contributed by atoms with van der Waals surface area (Å²) in [4.78, 5) is 0. The number of fused-ring (bicyclic) bond motifs is 1. The third kappa shape index (κ3) is 2.67. The molecule has 3 nitrogen and oxygen atoms in total. The monoisotopic (exact) mass is 281 g/mol. The highest BCUT2D eigenvalue weighted by atomic mass is 35.5. The maximum absolute atomic E-state index is 6.32. The van der Waals surface area contributed by atoms with Crippen molar-refractivity contribution in [1.82, 2.24) is 5.32 Å². The first-order chi connectivity index (χ1) is 9.25. The minimum atomic E-state index is 0.581. The average Bonchev–Trinajstić information content (AvgIpc) is 2.46. The first kappa shape index (κ1) is 13.1. The van der Waals surface area contributed by atoms with Gasteiger partial charge in [-0.05, 0) is 62.4 Å². The van der Waals surface area contributed by atoms with E-state index < -0.39 is 0 Å². The molecule has 2 aliphatic rings. The van der Waals surface area contributed by atoms with Crippen LogP contribution in [0.3, 0.4) is 0 Å². The van der Waals surface area contributed by atoms with Crippen molar-refractivity contribution in [2.45, 2.75) is 26.2 Å². The summed E-state index contributed by atoms with van der Waals surface area (Å²) < 4.78 is 11.4. The van der Waals surface area contributed by atoms with Gasteiger partial charge in [0.2, 0.25) is 0 Å². The highest BCUT2D eigenvalue weighted by Gasteiger charge is 2.22. The number of hydrogen-bond donors (Lipinski definition) is 1. The highest BCUT2D eigenvalue weighted by molar-refractivity contribution is 6.32. The largest absolute Gasteiger partial charge is 0.486 e. The third-order valence-corrected chi connectivity index (χ3v) is 4.31. The first-order valence-electron chi connectivity index (χ1n) is 7.04. The summed E-state index contributed by atoms with van der Waals surface area (Å²) in [5.41, 5.74) is 2.48. The minimum absolute atomic E-state index is 0.581. The predicted octanol–water partition coefficient (Wildman–Crippen LogP) is 2.96. The zero-order chi connectivity index (χ0) is 13.2. The Morgan fingerprint density at radius 2 is 2.11 bits per heavy atom. The van der Waals surface area contributed by atoms with Gasteiger partial charge < -0.3 is 14.8 Å². The van der Waals surface area contributed by atoms with Crippen LogP contribution < -0.4 is 14.8 Å². The second-order valence-electron chi connectivity index (χ2n) is 5.41. The van der Waals surface area contributed by atoms with Gasteiger partial charge in [-0.1, -0.05) is 11.6 Å². The van der Waals surface area contributed by atoms with Gasteiger partial charge in [0.25, 0.3) is 0 Å². The molecule has 0 saturated carbocycles. The van der Waals surface area contributed by atoms with Crippen LogP contribution in [0.2, 0.25) is 5.02 Å². The molecule has 1 unspecified atom stereocenters. The molecular formula is C15H20ClNO2. The number of nitrogens with one attached hydrogen (secondary N) is 1. The number of benzene rings is 1. The summed E-state index contributed by atoms with van der Waals surface area (Å²) >= 11 is 6.32. The molecule has 19 heavy (non-hydrogen) atoms. The Hall–Kier alpha value is -0.930. The van der Waals surface area contributed by atoms with Crippen molar-refractivity contribution in [3.05, 3.63) is 22.2 Å². The number of halogens is 1. The Morgan fingerprint density at radius 1 is 1.32 bits per heavy atom. The topological polar surface area (TPSA) is 30.5 Å². The molecule has 1 aromatic rings. The molecule has 0 aromatic heterocycles. The lowest BCUT2D eigenvalue weighted by molar-refractivity contribution is 0.170. The molecule has 1 fully saturated rings. The van der Waals surface area contributed by atoms with E-state index in [2.05, 4.69) is 18.3 Å². The molecule has 2 heterocycles. The molecule has 1 saturated heterocycles. The Labute approximate surface area is 119 Å². The Morgan fingerprint density at radius 3 is 2.84 bits per heavy atom. The van der Waals surface area contributed by atoms with E-state index in [-0.39, 0.29) is 0 Å². The summed E-state index contributed by atoms with van der Waals surface area (Å²) in [5.74, 6) is 2.26. The van der Waals surface area contributed by atoms with Gasteiger partial charge in [-0.3, -0.25) is 0 Å². The SMILES string of the molecule is Cc1c(CC2CCCNC2)cc(Cl)c2c1OCCO2. The number of piperidine rings is 1. The summed E-state index contributed by atoms with van der Waals surface area (Å²) in [6.45, 7) is 5.55. The van der Waals surface area contributed by atoms with E-state index in [1.807, 2.05) is 0 Å². The molecular weight excluding hydrogens is 262 g/mol. The van der Waals surface area contributed by atoms with Crippen LogP contribution in [0.5, 0.6) is 11.5 Å². The number of rotatable bonds is 2. The van der Waals surface area contributed by atoms with Gasteiger partial charge in [0, 0.05) is 0 Å². The summed E-state index contributed by atoms with van der Waals surface area (Å²) in [5, 5.41) is 4.14. The summed E-state index contributed by atoms with van der Waals surface area (Å²) in [6.07, 6.45) is 3.62. The van der Waals surface area contributed by atoms with Crippen molar-refractivity contribution < 1.29 is 9.47 Å². The van der Waals surface area contributed by atoms with Gasteiger partial charge in [-0.15, -0.1) is 0 Å². The molecule has 0 aliphatic carbocycles. The first-order valence-corrected chi connectivity index (χ1v) is 7.42. The summed E-state index contributed by atoms with van der Waals surface area (Å²) in [6, 6.07) is 2.05. The standard InChI is InChI=1S/C15H20ClNO2/c1-10-12(7-11-3-2-4-17-9-11)8-13(16)15-14(10)18-5-6-19-15/h8,11,17H,2-7,9H2,1H3. The fraction of sp³-hybridized carbons (Fsp3) is 0.600. The van der Waals surface area contributed by atoms with E-state index in [1.165, 1.54) is 24.0 Å². The lowest BCUT2D eigenvalue weighted by Crippen LogP contribution is -2.31. The Kier molecular flexibility index (Phi) is 3.85. The van der Waals surface area contributed by atoms with Gasteiger partial charge in [-0.2, -0.15) is 0 Å². The van der Waals surface area contributed by atoms with Gasteiger partial charge in [0.1, 0.15) is 13.2 Å². The average molecular weight is 282 g/mol.